The molecule has 7 heteroatoms. The third-order valence-electron chi connectivity index (χ3n) is 4.78. The van der Waals surface area contributed by atoms with Crippen molar-refractivity contribution in [1.29, 1.82) is 0 Å². The van der Waals surface area contributed by atoms with Crippen molar-refractivity contribution in [3.8, 4) is 28.2 Å². The molecular formula is C23H16NO6-. The van der Waals surface area contributed by atoms with E-state index in [2.05, 4.69) is 5.32 Å². The minimum absolute atomic E-state index is 0.0192. The zero-order chi connectivity index (χ0) is 21.4. The monoisotopic (exact) mass is 402 g/mol. The summed E-state index contributed by atoms with van der Waals surface area (Å²) in [5, 5.41) is 24.8. The zero-order valence-electron chi connectivity index (χ0n) is 15.9. The summed E-state index contributed by atoms with van der Waals surface area (Å²) < 4.78 is 5.76. The molecule has 0 saturated heterocycles. The van der Waals surface area contributed by atoms with Crippen molar-refractivity contribution in [3.05, 3.63) is 75.9 Å². The summed E-state index contributed by atoms with van der Waals surface area (Å²) >= 11 is 0. The Hall–Kier alpha value is -4.13. The predicted octanol–water partition coefficient (Wildman–Crippen LogP) is 3.09. The van der Waals surface area contributed by atoms with Gasteiger partial charge in [0.15, 0.2) is 5.43 Å². The second-order valence-corrected chi connectivity index (χ2v) is 6.72. The summed E-state index contributed by atoms with van der Waals surface area (Å²) in [5.41, 5.74) is 1.45. The summed E-state index contributed by atoms with van der Waals surface area (Å²) in [5.74, 6) is -1.58. The fourth-order valence-corrected chi connectivity index (χ4v) is 3.48. The molecule has 30 heavy (non-hydrogen) atoms. The quantitative estimate of drug-likeness (QED) is 0.506. The summed E-state index contributed by atoms with van der Waals surface area (Å²) in [4.78, 5) is 36.2. The molecule has 4 rings (SSSR count). The number of fused-ring (bicyclic) bond motifs is 2. The molecule has 0 fully saturated rings. The second kappa shape index (κ2) is 7.36. The van der Waals surface area contributed by atoms with Crippen molar-refractivity contribution in [2.24, 2.45) is 0 Å². The highest BCUT2D eigenvalue weighted by atomic mass is 16.4. The third-order valence-corrected chi connectivity index (χ3v) is 4.78. The lowest BCUT2D eigenvalue weighted by Gasteiger charge is -2.18. The van der Waals surface area contributed by atoms with Gasteiger partial charge in [0.1, 0.15) is 11.3 Å². The van der Waals surface area contributed by atoms with Crippen molar-refractivity contribution >= 4 is 22.8 Å². The number of carbonyl (C=O) groups excluding carboxylic acids is 1. The van der Waals surface area contributed by atoms with Gasteiger partial charge in [0.2, 0.25) is 0 Å². The number of rotatable bonds is 4. The Balaban J connectivity index is 2.14. The van der Waals surface area contributed by atoms with Gasteiger partial charge in [-0.3, -0.25) is 9.59 Å². The number of benzene rings is 3. The number of carboxylic acid groups (broad SMARTS) is 1. The normalized spacial score (nSPS) is 11.0. The summed E-state index contributed by atoms with van der Waals surface area (Å²) in [6.07, 6.45) is 0. The molecule has 0 aromatic heterocycles. The predicted molar refractivity (Wildman–Crippen MR) is 109 cm³/mol. The van der Waals surface area contributed by atoms with Crippen LogP contribution in [-0.4, -0.2) is 23.5 Å². The average molecular weight is 402 g/mol. The van der Waals surface area contributed by atoms with Gasteiger partial charge >= 0.3 is 5.97 Å². The number of hydrogen-bond donors (Lipinski definition) is 2. The molecule has 1 aliphatic heterocycles. The van der Waals surface area contributed by atoms with E-state index < -0.39 is 5.97 Å². The largest absolute Gasteiger partial charge is 0.872 e. The van der Waals surface area contributed by atoms with Gasteiger partial charge in [0, 0.05) is 34.7 Å². The van der Waals surface area contributed by atoms with Crippen LogP contribution in [0.25, 0.3) is 33.4 Å². The Morgan fingerprint density at radius 2 is 1.83 bits per heavy atom. The van der Waals surface area contributed by atoms with E-state index in [0.717, 1.165) is 0 Å². The van der Waals surface area contributed by atoms with Gasteiger partial charge in [0.25, 0.3) is 5.91 Å². The molecule has 2 aliphatic rings. The Bertz CT molecular complexity index is 1340. The maximum Gasteiger partial charge on any atom is 0.336 e. The number of nitrogens with one attached hydrogen (secondary N) is 1. The van der Waals surface area contributed by atoms with Gasteiger partial charge in [-0.1, -0.05) is 12.1 Å². The summed E-state index contributed by atoms with van der Waals surface area (Å²) in [6, 6.07) is 12.7. The lowest BCUT2D eigenvalue weighted by atomic mass is 9.89. The van der Waals surface area contributed by atoms with E-state index in [-0.39, 0.29) is 39.6 Å². The van der Waals surface area contributed by atoms with Crippen molar-refractivity contribution < 1.29 is 24.2 Å². The second-order valence-electron chi connectivity index (χ2n) is 6.72. The Morgan fingerprint density at radius 3 is 2.57 bits per heavy atom. The molecule has 0 bridgehead atoms. The van der Waals surface area contributed by atoms with Crippen LogP contribution >= 0.6 is 0 Å². The van der Waals surface area contributed by atoms with Crippen LogP contribution in [0, 0.1) is 0 Å². The van der Waals surface area contributed by atoms with Crippen molar-refractivity contribution in [2.45, 2.75) is 6.92 Å². The Morgan fingerprint density at radius 1 is 1.03 bits per heavy atom. The molecule has 1 heterocycles. The summed E-state index contributed by atoms with van der Waals surface area (Å²) in [7, 11) is 0. The lowest BCUT2D eigenvalue weighted by molar-refractivity contribution is -0.268. The van der Waals surface area contributed by atoms with E-state index in [4.69, 9.17) is 4.42 Å². The molecule has 2 aromatic carbocycles. The van der Waals surface area contributed by atoms with Crippen molar-refractivity contribution in [2.75, 3.05) is 6.54 Å². The Labute approximate surface area is 170 Å². The van der Waals surface area contributed by atoms with Crippen LogP contribution in [0.3, 0.4) is 0 Å². The molecule has 1 amide bonds. The molecule has 0 unspecified atom stereocenters. The first-order valence-corrected chi connectivity index (χ1v) is 9.22. The summed E-state index contributed by atoms with van der Waals surface area (Å²) in [6.45, 7) is 2.20. The molecule has 2 N–H and O–H groups in total. The van der Waals surface area contributed by atoms with Crippen LogP contribution in [-0.2, 0) is 0 Å². The van der Waals surface area contributed by atoms with Crippen LogP contribution in [0.1, 0.15) is 27.6 Å². The van der Waals surface area contributed by atoms with Crippen LogP contribution in [0.15, 0.2) is 63.8 Å². The smallest absolute Gasteiger partial charge is 0.336 e. The van der Waals surface area contributed by atoms with Crippen molar-refractivity contribution in [1.82, 2.24) is 5.32 Å². The number of amides is 1. The molecule has 0 atom stereocenters. The van der Waals surface area contributed by atoms with Gasteiger partial charge < -0.3 is 19.9 Å². The van der Waals surface area contributed by atoms with Crippen molar-refractivity contribution in [3.63, 3.8) is 0 Å². The number of hydrogen-bond acceptors (Lipinski definition) is 5. The number of aromatic carboxylic acids is 1. The van der Waals surface area contributed by atoms with Gasteiger partial charge in [-0.05, 0) is 48.9 Å². The molecule has 1 aliphatic carbocycles. The molecule has 0 spiro atoms. The van der Waals surface area contributed by atoms with Crippen LogP contribution in [0.2, 0.25) is 0 Å². The SMILES string of the molecule is CCNC(=O)c1ccc(C(=O)O)c(-c2c3ccc(=O)cc-3oc3cc([O-])ccc23)c1. The first-order chi connectivity index (χ1) is 14.4. The van der Waals surface area contributed by atoms with Gasteiger partial charge in [-0.25, -0.2) is 4.79 Å². The van der Waals surface area contributed by atoms with Gasteiger partial charge in [0.05, 0.1) is 5.56 Å². The van der Waals surface area contributed by atoms with Crippen LogP contribution in [0.5, 0.6) is 5.75 Å². The maximum atomic E-state index is 12.4. The fourth-order valence-electron chi connectivity index (χ4n) is 3.48. The highest BCUT2D eigenvalue weighted by molar-refractivity contribution is 6.09. The average Bonchev–Trinajstić information content (AvgIpc) is 2.71. The van der Waals surface area contributed by atoms with E-state index in [0.29, 0.717) is 28.6 Å². The maximum absolute atomic E-state index is 12.4. The van der Waals surface area contributed by atoms with E-state index in [9.17, 15) is 24.6 Å². The van der Waals surface area contributed by atoms with E-state index >= 15 is 0 Å². The first-order valence-electron chi connectivity index (χ1n) is 9.22. The Kier molecular flexibility index (Phi) is 4.71. The fraction of sp³-hybridized carbons (Fsp3) is 0.0870. The number of carboxylic acids is 1. The number of carbonyl (C=O) groups is 2. The molecule has 0 saturated carbocycles. The molecule has 2 aromatic rings. The third kappa shape index (κ3) is 3.26. The molecule has 150 valence electrons. The molecule has 7 nitrogen and oxygen atoms in total. The van der Waals surface area contributed by atoms with Crippen LogP contribution in [0.4, 0.5) is 0 Å². The molecule has 0 radical (unpaired) electrons. The van der Waals surface area contributed by atoms with Gasteiger partial charge in [-0.15, -0.1) is 5.75 Å². The minimum atomic E-state index is -1.17. The highest BCUT2D eigenvalue weighted by Gasteiger charge is 2.22. The van der Waals surface area contributed by atoms with E-state index in [1.807, 2.05) is 0 Å². The van der Waals surface area contributed by atoms with E-state index in [1.165, 1.54) is 42.5 Å². The first kappa shape index (κ1) is 19.2. The minimum Gasteiger partial charge on any atom is -0.872 e. The van der Waals surface area contributed by atoms with E-state index in [1.54, 1.807) is 19.1 Å². The van der Waals surface area contributed by atoms with Gasteiger partial charge in [-0.2, -0.15) is 0 Å². The lowest BCUT2D eigenvalue weighted by Crippen LogP contribution is -2.22. The standard InChI is InChI=1S/C23H17NO6/c1-2-24-22(27)12-3-6-15(23(28)29)18(9-12)21-16-7-4-13(25)10-19(16)30-20-11-14(26)5-8-17(20)21/h3-11,25H,2H2,1H3,(H,24,27)(H,28,29)/p-1. The van der Waals surface area contributed by atoms with Crippen LogP contribution < -0.4 is 15.9 Å². The molecular weight excluding hydrogens is 386 g/mol. The topological polar surface area (TPSA) is 120 Å². The zero-order valence-corrected chi connectivity index (χ0v) is 15.9. The highest BCUT2D eigenvalue weighted by Crippen LogP contribution is 2.42.